The van der Waals surface area contributed by atoms with Crippen molar-refractivity contribution in [1.29, 1.82) is 0 Å². The van der Waals surface area contributed by atoms with Gasteiger partial charge in [-0.1, -0.05) is 13.8 Å². The first-order valence-electron chi connectivity index (χ1n) is 3.62. The van der Waals surface area contributed by atoms with E-state index in [1.54, 1.807) is 0 Å². The second-order valence-electron chi connectivity index (χ2n) is 1.85. The summed E-state index contributed by atoms with van der Waals surface area (Å²) in [6.45, 7) is 4.06. The van der Waals surface area contributed by atoms with Crippen LogP contribution in [0, 0.1) is 24.7 Å². The van der Waals surface area contributed by atoms with Gasteiger partial charge in [0.25, 0.3) is 0 Å². The molecule has 0 radical (unpaired) electrons. The molecule has 0 aromatic rings. The quantitative estimate of drug-likeness (QED) is 0.331. The van der Waals surface area contributed by atoms with Gasteiger partial charge in [0.2, 0.25) is 0 Å². The zero-order valence-electron chi connectivity index (χ0n) is 8.13. The fourth-order valence-corrected chi connectivity index (χ4v) is 0.250. The molecule has 0 rings (SSSR count). The maximum atomic E-state index is 6.35. The third-order valence-electron chi connectivity index (χ3n) is 0.750. The Morgan fingerprint density at radius 1 is 0.917 bits per heavy atom. The van der Waals surface area contributed by atoms with Gasteiger partial charge in [-0.25, -0.2) is 0 Å². The first kappa shape index (κ1) is 22.8. The monoisotopic (exact) mass is 204 g/mol. The van der Waals surface area contributed by atoms with Crippen LogP contribution in [0.5, 0.6) is 0 Å². The van der Waals surface area contributed by atoms with E-state index in [0.29, 0.717) is 0 Å². The van der Waals surface area contributed by atoms with Gasteiger partial charge in [-0.3, -0.25) is 0 Å². The molecule has 0 aliphatic heterocycles. The molecule has 0 spiro atoms. The molecular formula is C10H14CuLi. The summed E-state index contributed by atoms with van der Waals surface area (Å²) < 4.78 is 0. The Bertz CT molecular complexity index is 103. The molecule has 0 N–H and O–H groups in total. The summed E-state index contributed by atoms with van der Waals surface area (Å²) >= 11 is 0. The van der Waals surface area contributed by atoms with Gasteiger partial charge < -0.3 is 24.7 Å². The molecular weight excluding hydrogens is 191 g/mol. The Labute approximate surface area is 99.9 Å². The summed E-state index contributed by atoms with van der Waals surface area (Å²) in [6.07, 6.45) is 16.4. The Kier molecular flexibility index (Phi) is 57.5. The van der Waals surface area contributed by atoms with Crippen molar-refractivity contribution >= 4 is 0 Å². The van der Waals surface area contributed by atoms with E-state index in [-0.39, 0.29) is 35.9 Å². The van der Waals surface area contributed by atoms with Crippen LogP contribution in [0.2, 0.25) is 0 Å². The van der Waals surface area contributed by atoms with Crippen LogP contribution in [0.15, 0.2) is 0 Å². The summed E-state index contributed by atoms with van der Waals surface area (Å²) in [7, 11) is 0. The average molecular weight is 205 g/mol. The Hall–Kier alpha value is 0.237. The molecule has 0 atom stereocenters. The van der Waals surface area contributed by atoms with Crippen LogP contribution in [0.3, 0.4) is 0 Å². The van der Waals surface area contributed by atoms with Crippen LogP contribution in [0.25, 0.3) is 0 Å². The number of hydrogen-bond donors (Lipinski definition) is 0. The van der Waals surface area contributed by atoms with Gasteiger partial charge in [-0.15, -0.1) is 0 Å². The van der Waals surface area contributed by atoms with Gasteiger partial charge in [0.05, 0.1) is 0 Å². The maximum absolute atomic E-state index is 6.35. The van der Waals surface area contributed by atoms with Crippen molar-refractivity contribution in [2.24, 2.45) is 0 Å². The molecule has 0 unspecified atom stereocenters. The van der Waals surface area contributed by atoms with Gasteiger partial charge in [0.15, 0.2) is 0 Å². The largest absolute Gasteiger partial charge is 1.00 e. The number of hydrogen-bond acceptors (Lipinski definition) is 0. The van der Waals surface area contributed by atoms with Gasteiger partial charge >= 0.3 is 35.9 Å². The Morgan fingerprint density at radius 3 is 1.17 bits per heavy atom. The van der Waals surface area contributed by atoms with Crippen LogP contribution < -0.4 is 18.9 Å². The van der Waals surface area contributed by atoms with Crippen LogP contribution >= 0.6 is 0 Å². The van der Waals surface area contributed by atoms with Crippen molar-refractivity contribution in [3.05, 3.63) is 12.8 Å². The van der Waals surface area contributed by atoms with Crippen LogP contribution in [0.4, 0.5) is 0 Å². The van der Waals surface area contributed by atoms with Crippen molar-refractivity contribution < 1.29 is 35.9 Å². The molecule has 0 heterocycles. The second kappa shape index (κ2) is 30.3. The molecule has 0 saturated heterocycles. The van der Waals surface area contributed by atoms with E-state index < -0.39 is 0 Å². The molecule has 0 bridgehead atoms. The normalized spacial score (nSPS) is 5.33. The smallest absolute Gasteiger partial charge is 0.694 e. The van der Waals surface area contributed by atoms with Crippen LogP contribution in [-0.4, -0.2) is 0 Å². The molecule has 12 heavy (non-hydrogen) atoms. The second-order valence-corrected chi connectivity index (χ2v) is 1.85. The molecule has 0 fully saturated rings. The standard InChI is InChI=1S/2C5H7.Cu.Li/c2*1-3-5-4-2;;/h2*3,5H2,1H3;;/q2*-1;2*+1. The molecule has 0 nitrogen and oxygen atoms in total. The minimum absolute atomic E-state index is 0. The number of rotatable bonds is 2. The molecule has 66 valence electrons. The van der Waals surface area contributed by atoms with Crippen LogP contribution in [0.1, 0.15) is 39.5 Å². The minimum atomic E-state index is 0. The van der Waals surface area contributed by atoms with E-state index in [2.05, 4.69) is 11.8 Å². The molecule has 2 heteroatoms. The Morgan fingerprint density at radius 2 is 1.17 bits per heavy atom. The third kappa shape index (κ3) is 48.7. The fraction of sp³-hybridized carbons (Fsp3) is 0.600. The van der Waals surface area contributed by atoms with E-state index in [1.165, 1.54) is 0 Å². The van der Waals surface area contributed by atoms with Crippen molar-refractivity contribution in [3.8, 4) is 11.8 Å². The summed E-state index contributed by atoms with van der Waals surface area (Å²) in [4.78, 5) is 0. The number of unbranched alkanes of at least 4 members (excludes halogenated alkanes) is 2. The topological polar surface area (TPSA) is 0 Å². The Balaban J connectivity index is -0.0000000457. The molecule has 0 aliphatic rings. The molecule has 0 aliphatic carbocycles. The van der Waals surface area contributed by atoms with Crippen molar-refractivity contribution in [2.45, 2.75) is 39.5 Å². The first-order valence-corrected chi connectivity index (χ1v) is 3.62. The average Bonchev–Trinajstić information content (AvgIpc) is 1.93. The fourth-order valence-electron chi connectivity index (χ4n) is 0.250. The van der Waals surface area contributed by atoms with Crippen LogP contribution in [-0.2, 0) is 17.1 Å². The summed E-state index contributed by atoms with van der Waals surface area (Å²) in [6, 6.07) is 0. The zero-order valence-corrected chi connectivity index (χ0v) is 9.07. The van der Waals surface area contributed by atoms with Crippen molar-refractivity contribution in [2.75, 3.05) is 0 Å². The van der Waals surface area contributed by atoms with Gasteiger partial charge in [-0.05, 0) is 25.7 Å². The molecule has 0 saturated carbocycles. The van der Waals surface area contributed by atoms with E-state index in [0.717, 1.165) is 25.7 Å². The van der Waals surface area contributed by atoms with Gasteiger partial charge in [0, 0.05) is 0 Å². The predicted octanol–water partition coefficient (Wildman–Crippen LogP) is -0.246. The van der Waals surface area contributed by atoms with E-state index in [1.807, 2.05) is 13.8 Å². The molecule has 0 amide bonds. The predicted molar refractivity (Wildman–Crippen MR) is 44.1 cm³/mol. The molecule has 0 aromatic heterocycles. The summed E-state index contributed by atoms with van der Waals surface area (Å²) in [5.74, 6) is 4.53. The molecule has 0 aromatic carbocycles. The van der Waals surface area contributed by atoms with E-state index in [4.69, 9.17) is 12.8 Å². The SMILES string of the molecule is [C-]#CCCC.[C-]#CCCC.[Cu+].[Li+]. The maximum Gasteiger partial charge on any atom is 1.00 e. The van der Waals surface area contributed by atoms with E-state index in [9.17, 15) is 0 Å². The summed E-state index contributed by atoms with van der Waals surface area (Å²) in [5, 5.41) is 0. The zero-order chi connectivity index (χ0) is 8.24. The van der Waals surface area contributed by atoms with Crippen molar-refractivity contribution in [1.82, 2.24) is 0 Å². The van der Waals surface area contributed by atoms with Gasteiger partial charge in [0.1, 0.15) is 0 Å². The minimum Gasteiger partial charge on any atom is -0.694 e. The van der Waals surface area contributed by atoms with Crippen molar-refractivity contribution in [3.63, 3.8) is 0 Å². The summed E-state index contributed by atoms with van der Waals surface area (Å²) in [5.41, 5.74) is 0. The first-order chi connectivity index (χ1) is 4.83. The van der Waals surface area contributed by atoms with E-state index >= 15 is 0 Å². The third-order valence-corrected chi connectivity index (χ3v) is 0.750. The van der Waals surface area contributed by atoms with Gasteiger partial charge in [-0.2, -0.15) is 0 Å².